The topological polar surface area (TPSA) is 66.9 Å². The van der Waals surface area contributed by atoms with Crippen LogP contribution in [0.25, 0.3) is 0 Å². The normalized spacial score (nSPS) is 10.4. The molecule has 0 radical (unpaired) electrons. The molecule has 25 heavy (non-hydrogen) atoms. The van der Waals surface area contributed by atoms with Crippen molar-refractivity contribution in [1.29, 1.82) is 0 Å². The summed E-state index contributed by atoms with van der Waals surface area (Å²) in [5.41, 5.74) is 5.26. The zero-order valence-electron chi connectivity index (χ0n) is 14.5. The van der Waals surface area contributed by atoms with Gasteiger partial charge in [-0.1, -0.05) is 24.3 Å². The van der Waals surface area contributed by atoms with Crippen molar-refractivity contribution in [3.8, 4) is 0 Å². The third-order valence-electron chi connectivity index (χ3n) is 3.83. The molecule has 0 aliphatic carbocycles. The molecule has 0 saturated heterocycles. The van der Waals surface area contributed by atoms with Crippen molar-refractivity contribution >= 4 is 23.1 Å². The van der Waals surface area contributed by atoms with Gasteiger partial charge in [-0.25, -0.2) is 9.97 Å². The molecule has 5 heteroatoms. The number of aromatic nitrogens is 2. The number of carbonyl (C=O) groups excluding carboxylic acids is 1. The quantitative estimate of drug-likeness (QED) is 0.743. The monoisotopic (exact) mass is 332 g/mol. The molecule has 0 bridgehead atoms. The molecular weight excluding hydrogens is 312 g/mol. The van der Waals surface area contributed by atoms with Crippen LogP contribution >= 0.6 is 0 Å². The van der Waals surface area contributed by atoms with Gasteiger partial charge in [0, 0.05) is 17.4 Å². The number of hydrogen-bond acceptors (Lipinski definition) is 4. The van der Waals surface area contributed by atoms with Gasteiger partial charge < -0.3 is 10.6 Å². The Balaban J connectivity index is 1.78. The molecule has 0 fully saturated rings. The zero-order chi connectivity index (χ0) is 17.8. The van der Waals surface area contributed by atoms with Crippen molar-refractivity contribution in [2.45, 2.75) is 20.8 Å². The first kappa shape index (κ1) is 16.6. The molecule has 0 saturated carbocycles. The molecular formula is C20H20N4O. The Morgan fingerprint density at radius 2 is 1.72 bits per heavy atom. The van der Waals surface area contributed by atoms with Gasteiger partial charge in [-0.3, -0.25) is 4.79 Å². The van der Waals surface area contributed by atoms with E-state index < -0.39 is 0 Å². The van der Waals surface area contributed by atoms with Crippen LogP contribution in [0.3, 0.4) is 0 Å². The summed E-state index contributed by atoms with van der Waals surface area (Å²) in [6.07, 6.45) is 1.39. The second-order valence-electron chi connectivity index (χ2n) is 6.06. The number of aryl methyl sites for hydroxylation is 3. The first-order valence-corrected chi connectivity index (χ1v) is 8.05. The average Bonchev–Trinajstić information content (AvgIpc) is 2.58. The van der Waals surface area contributed by atoms with Crippen molar-refractivity contribution in [3.63, 3.8) is 0 Å². The fraction of sp³-hybridized carbons (Fsp3) is 0.150. The molecule has 1 aromatic heterocycles. The van der Waals surface area contributed by atoms with Gasteiger partial charge in [0.15, 0.2) is 0 Å². The number of nitrogens with zero attached hydrogens (tertiary/aromatic N) is 2. The van der Waals surface area contributed by atoms with Crippen LogP contribution in [-0.4, -0.2) is 15.9 Å². The Kier molecular flexibility index (Phi) is 4.75. The lowest BCUT2D eigenvalue weighted by molar-refractivity contribution is 0.102. The van der Waals surface area contributed by atoms with Gasteiger partial charge in [0.05, 0.1) is 0 Å². The Morgan fingerprint density at radius 1 is 0.920 bits per heavy atom. The number of nitrogens with one attached hydrogen (secondary N) is 2. The van der Waals surface area contributed by atoms with Gasteiger partial charge in [-0.05, 0) is 55.7 Å². The molecule has 126 valence electrons. The average molecular weight is 332 g/mol. The molecule has 5 nitrogen and oxygen atoms in total. The van der Waals surface area contributed by atoms with E-state index in [0.29, 0.717) is 11.5 Å². The molecule has 0 aliphatic heterocycles. The van der Waals surface area contributed by atoms with Crippen LogP contribution in [-0.2, 0) is 0 Å². The maximum absolute atomic E-state index is 12.5. The Bertz CT molecular complexity index is 921. The third kappa shape index (κ3) is 4.20. The van der Waals surface area contributed by atoms with E-state index in [2.05, 4.69) is 20.6 Å². The molecule has 1 amide bonds. The second kappa shape index (κ2) is 7.13. The lowest BCUT2D eigenvalue weighted by Gasteiger charge is -2.10. The fourth-order valence-electron chi connectivity index (χ4n) is 2.48. The molecule has 1 heterocycles. The predicted molar refractivity (Wildman–Crippen MR) is 100 cm³/mol. The number of carbonyl (C=O) groups is 1. The minimum Gasteiger partial charge on any atom is -0.340 e. The standard InChI is InChI=1S/C20H20N4O/c1-13-5-4-6-16(9-13)23-19-11-18(21-12-22-19)20(25)24-17-10-14(2)7-8-15(17)3/h4-12H,1-3H3,(H,24,25)(H,21,22,23). The summed E-state index contributed by atoms with van der Waals surface area (Å²) < 4.78 is 0. The summed E-state index contributed by atoms with van der Waals surface area (Å²) in [6, 6.07) is 15.5. The summed E-state index contributed by atoms with van der Waals surface area (Å²) >= 11 is 0. The number of amides is 1. The smallest absolute Gasteiger partial charge is 0.274 e. The van der Waals surface area contributed by atoms with Crippen molar-refractivity contribution in [3.05, 3.63) is 77.2 Å². The maximum atomic E-state index is 12.5. The van der Waals surface area contributed by atoms with Crippen LogP contribution in [0, 0.1) is 20.8 Å². The van der Waals surface area contributed by atoms with Crippen molar-refractivity contribution < 1.29 is 4.79 Å². The van der Waals surface area contributed by atoms with Gasteiger partial charge in [0.25, 0.3) is 5.91 Å². The highest BCUT2D eigenvalue weighted by atomic mass is 16.1. The van der Waals surface area contributed by atoms with E-state index in [1.165, 1.54) is 6.33 Å². The molecule has 0 atom stereocenters. The minimum atomic E-state index is -0.261. The Labute approximate surface area is 147 Å². The summed E-state index contributed by atoms with van der Waals surface area (Å²) in [5.74, 6) is 0.315. The van der Waals surface area contributed by atoms with Gasteiger partial charge in [-0.15, -0.1) is 0 Å². The molecule has 0 spiro atoms. The molecule has 2 aromatic carbocycles. The Hall–Kier alpha value is -3.21. The third-order valence-corrected chi connectivity index (χ3v) is 3.83. The highest BCUT2D eigenvalue weighted by molar-refractivity contribution is 6.03. The fourth-order valence-corrected chi connectivity index (χ4v) is 2.48. The number of anilines is 3. The predicted octanol–water partition coefficient (Wildman–Crippen LogP) is 4.40. The van der Waals surface area contributed by atoms with E-state index in [4.69, 9.17) is 0 Å². The molecule has 3 rings (SSSR count). The van der Waals surface area contributed by atoms with Crippen LogP contribution in [0.2, 0.25) is 0 Å². The second-order valence-corrected chi connectivity index (χ2v) is 6.06. The van der Waals surface area contributed by atoms with Crippen LogP contribution in [0.15, 0.2) is 54.9 Å². The zero-order valence-corrected chi connectivity index (χ0v) is 14.5. The lowest BCUT2D eigenvalue weighted by atomic mass is 10.1. The lowest BCUT2D eigenvalue weighted by Crippen LogP contribution is -2.15. The Morgan fingerprint density at radius 3 is 2.52 bits per heavy atom. The van der Waals surface area contributed by atoms with Crippen LogP contribution in [0.4, 0.5) is 17.2 Å². The number of hydrogen-bond donors (Lipinski definition) is 2. The van der Waals surface area contributed by atoms with Crippen LogP contribution < -0.4 is 10.6 Å². The van der Waals surface area contributed by atoms with Crippen LogP contribution in [0.1, 0.15) is 27.2 Å². The molecule has 0 aliphatic rings. The minimum absolute atomic E-state index is 0.261. The highest BCUT2D eigenvalue weighted by Gasteiger charge is 2.11. The van der Waals surface area contributed by atoms with E-state index >= 15 is 0 Å². The van der Waals surface area contributed by atoms with Crippen molar-refractivity contribution in [1.82, 2.24) is 9.97 Å². The molecule has 0 unspecified atom stereocenters. The van der Waals surface area contributed by atoms with E-state index in [1.54, 1.807) is 6.07 Å². The van der Waals surface area contributed by atoms with Crippen LogP contribution in [0.5, 0.6) is 0 Å². The van der Waals surface area contributed by atoms with E-state index in [1.807, 2.05) is 63.2 Å². The SMILES string of the molecule is Cc1cccc(Nc2cc(C(=O)Nc3cc(C)ccc3C)ncn2)c1. The van der Waals surface area contributed by atoms with Crippen molar-refractivity contribution in [2.75, 3.05) is 10.6 Å². The van der Waals surface area contributed by atoms with E-state index in [0.717, 1.165) is 28.1 Å². The van der Waals surface area contributed by atoms with Gasteiger partial charge in [-0.2, -0.15) is 0 Å². The van der Waals surface area contributed by atoms with Gasteiger partial charge >= 0.3 is 0 Å². The number of benzene rings is 2. The molecule has 2 N–H and O–H groups in total. The highest BCUT2D eigenvalue weighted by Crippen LogP contribution is 2.19. The largest absolute Gasteiger partial charge is 0.340 e. The summed E-state index contributed by atoms with van der Waals surface area (Å²) in [7, 11) is 0. The number of rotatable bonds is 4. The van der Waals surface area contributed by atoms with Gasteiger partial charge in [0.2, 0.25) is 0 Å². The summed E-state index contributed by atoms with van der Waals surface area (Å²) in [4.78, 5) is 20.8. The maximum Gasteiger partial charge on any atom is 0.274 e. The van der Waals surface area contributed by atoms with E-state index in [-0.39, 0.29) is 5.91 Å². The van der Waals surface area contributed by atoms with Crippen molar-refractivity contribution in [2.24, 2.45) is 0 Å². The first-order valence-electron chi connectivity index (χ1n) is 8.05. The van der Waals surface area contributed by atoms with E-state index in [9.17, 15) is 4.79 Å². The summed E-state index contributed by atoms with van der Waals surface area (Å²) in [6.45, 7) is 5.97. The van der Waals surface area contributed by atoms with Gasteiger partial charge in [0.1, 0.15) is 17.8 Å². The summed E-state index contributed by atoms with van der Waals surface area (Å²) in [5, 5.41) is 6.10. The molecule has 3 aromatic rings. The first-order chi connectivity index (χ1) is 12.0.